The normalized spacial score (nSPS) is 12.3. The monoisotopic (exact) mass is 836 g/mol. The van der Waals surface area contributed by atoms with Crippen molar-refractivity contribution in [1.82, 2.24) is 0 Å². The van der Waals surface area contributed by atoms with E-state index in [0.29, 0.717) is 0 Å². The first-order chi connectivity index (χ1) is 32.2. The highest BCUT2D eigenvalue weighted by molar-refractivity contribution is 7.25. The van der Waals surface area contributed by atoms with E-state index in [0.717, 1.165) is 0 Å². The SMILES string of the molecule is c1ccc2cc(-c3ccc4ccc5c(-c6ccc7c(c6)sc6cc(-c8ccc9ccc%10c(-c%11ccc%12ccccc%12c%11)ccc%11ccc8c9c%11%10)ccc67)ccc6ccc3c4c65)ccc2c1. The van der Waals surface area contributed by atoms with Crippen molar-refractivity contribution in [1.29, 1.82) is 0 Å². The minimum absolute atomic E-state index is 1.26. The zero-order valence-electron chi connectivity index (χ0n) is 35.2. The van der Waals surface area contributed by atoms with Crippen LogP contribution in [0.5, 0.6) is 0 Å². The van der Waals surface area contributed by atoms with Crippen molar-refractivity contribution in [2.75, 3.05) is 0 Å². The van der Waals surface area contributed by atoms with Crippen LogP contribution in [-0.2, 0) is 0 Å². The molecule has 1 heterocycles. The maximum atomic E-state index is 2.43. The van der Waals surface area contributed by atoms with Crippen molar-refractivity contribution in [2.24, 2.45) is 0 Å². The first-order valence-electron chi connectivity index (χ1n) is 22.6. The quantitative estimate of drug-likeness (QED) is 0.155. The maximum Gasteiger partial charge on any atom is 0.0361 e. The van der Waals surface area contributed by atoms with Gasteiger partial charge in [0.25, 0.3) is 0 Å². The molecule has 0 saturated heterocycles. The lowest BCUT2D eigenvalue weighted by atomic mass is 9.87. The number of benzene rings is 14. The van der Waals surface area contributed by atoms with Crippen LogP contribution in [-0.4, -0.2) is 0 Å². The number of fused-ring (bicyclic) bond motifs is 5. The summed E-state index contributed by atoms with van der Waals surface area (Å²) in [6.07, 6.45) is 0. The molecule has 15 rings (SSSR count). The molecule has 0 N–H and O–H groups in total. The topological polar surface area (TPSA) is 0 Å². The van der Waals surface area contributed by atoms with Gasteiger partial charge in [-0.05, 0) is 155 Å². The molecule has 1 heteroatoms. The first kappa shape index (κ1) is 35.4. The van der Waals surface area contributed by atoms with E-state index in [2.05, 4.69) is 218 Å². The summed E-state index contributed by atoms with van der Waals surface area (Å²) in [7, 11) is 0. The Morgan fingerprint density at radius 3 is 0.846 bits per heavy atom. The van der Waals surface area contributed by atoms with Crippen LogP contribution in [0.25, 0.3) is 151 Å². The molecule has 0 aliphatic carbocycles. The number of hydrogen-bond acceptors (Lipinski definition) is 1. The molecule has 1 aromatic heterocycles. The molecule has 0 radical (unpaired) electrons. The van der Waals surface area contributed by atoms with Crippen LogP contribution in [0.3, 0.4) is 0 Å². The fraction of sp³-hybridized carbons (Fsp3) is 0. The van der Waals surface area contributed by atoms with Crippen LogP contribution in [0.2, 0.25) is 0 Å². The van der Waals surface area contributed by atoms with Gasteiger partial charge in [0.05, 0.1) is 0 Å². The van der Waals surface area contributed by atoms with E-state index in [4.69, 9.17) is 0 Å². The average Bonchev–Trinajstić information content (AvgIpc) is 3.74. The third-order valence-electron chi connectivity index (χ3n) is 14.5. The van der Waals surface area contributed by atoms with Crippen molar-refractivity contribution >= 4 is 118 Å². The summed E-state index contributed by atoms with van der Waals surface area (Å²) < 4.78 is 2.63. The molecule has 0 aliphatic rings. The van der Waals surface area contributed by atoms with Crippen LogP contribution in [0.1, 0.15) is 0 Å². The summed E-state index contributed by atoms with van der Waals surface area (Å²) >= 11 is 1.91. The summed E-state index contributed by atoms with van der Waals surface area (Å²) in [4.78, 5) is 0. The lowest BCUT2D eigenvalue weighted by Crippen LogP contribution is -1.89. The summed E-state index contributed by atoms with van der Waals surface area (Å²) in [6.45, 7) is 0. The molecule has 15 aromatic rings. The molecule has 0 saturated carbocycles. The molecule has 298 valence electrons. The minimum atomic E-state index is 1.26. The Morgan fingerprint density at radius 1 is 0.200 bits per heavy atom. The van der Waals surface area contributed by atoms with E-state index in [-0.39, 0.29) is 0 Å². The fourth-order valence-electron chi connectivity index (χ4n) is 11.4. The third kappa shape index (κ3) is 5.13. The Hall–Kier alpha value is -8.10. The molecule has 0 bridgehead atoms. The second-order valence-corrected chi connectivity index (χ2v) is 19.0. The van der Waals surface area contributed by atoms with Crippen molar-refractivity contribution in [3.8, 4) is 44.5 Å². The Balaban J connectivity index is 0.845. The summed E-state index contributed by atoms with van der Waals surface area (Å²) in [5.74, 6) is 0. The number of rotatable bonds is 4. The van der Waals surface area contributed by atoms with Crippen LogP contribution >= 0.6 is 11.3 Å². The lowest BCUT2D eigenvalue weighted by molar-refractivity contribution is 1.69. The van der Waals surface area contributed by atoms with Gasteiger partial charge in [0.1, 0.15) is 0 Å². The molecular weight excluding hydrogens is 801 g/mol. The minimum Gasteiger partial charge on any atom is -0.135 e. The van der Waals surface area contributed by atoms with Crippen LogP contribution in [0.4, 0.5) is 0 Å². The molecule has 0 nitrogen and oxygen atoms in total. The molecule has 0 amide bonds. The van der Waals surface area contributed by atoms with E-state index < -0.39 is 0 Å². The predicted molar refractivity (Wildman–Crippen MR) is 283 cm³/mol. The largest absolute Gasteiger partial charge is 0.135 e. The van der Waals surface area contributed by atoms with E-state index in [1.807, 2.05) is 11.3 Å². The Bertz CT molecular complexity index is 4180. The van der Waals surface area contributed by atoms with Gasteiger partial charge in [0, 0.05) is 20.2 Å². The molecule has 0 fully saturated rings. The molecule has 0 atom stereocenters. The van der Waals surface area contributed by atoms with Gasteiger partial charge in [-0.2, -0.15) is 0 Å². The molecular formula is C64H36S. The fourth-order valence-corrected chi connectivity index (χ4v) is 12.6. The third-order valence-corrected chi connectivity index (χ3v) is 15.7. The highest BCUT2D eigenvalue weighted by Gasteiger charge is 2.19. The molecule has 14 aromatic carbocycles. The summed E-state index contributed by atoms with van der Waals surface area (Å²) in [5.41, 5.74) is 10.1. The van der Waals surface area contributed by atoms with Gasteiger partial charge in [-0.3, -0.25) is 0 Å². The van der Waals surface area contributed by atoms with Gasteiger partial charge < -0.3 is 0 Å². The summed E-state index contributed by atoms with van der Waals surface area (Å²) in [6, 6.07) is 82.4. The van der Waals surface area contributed by atoms with Crippen molar-refractivity contribution in [3.63, 3.8) is 0 Å². The van der Waals surface area contributed by atoms with Crippen LogP contribution in [0, 0.1) is 0 Å². The van der Waals surface area contributed by atoms with Gasteiger partial charge in [-0.15, -0.1) is 11.3 Å². The van der Waals surface area contributed by atoms with E-state index in [1.165, 1.54) is 151 Å². The lowest BCUT2D eigenvalue weighted by Gasteiger charge is -2.17. The van der Waals surface area contributed by atoms with E-state index in [1.54, 1.807) is 0 Å². The van der Waals surface area contributed by atoms with Crippen molar-refractivity contribution in [3.05, 3.63) is 218 Å². The molecule has 0 aliphatic heterocycles. The van der Waals surface area contributed by atoms with Crippen LogP contribution in [0.15, 0.2) is 218 Å². The first-order valence-corrected chi connectivity index (χ1v) is 23.4. The van der Waals surface area contributed by atoms with Gasteiger partial charge >= 0.3 is 0 Å². The Morgan fingerprint density at radius 2 is 0.477 bits per heavy atom. The van der Waals surface area contributed by atoms with Gasteiger partial charge in [0.15, 0.2) is 0 Å². The molecule has 65 heavy (non-hydrogen) atoms. The zero-order chi connectivity index (χ0) is 42.3. The highest BCUT2D eigenvalue weighted by Crippen LogP contribution is 2.47. The molecule has 0 spiro atoms. The van der Waals surface area contributed by atoms with Gasteiger partial charge in [-0.1, -0.05) is 194 Å². The highest BCUT2D eigenvalue weighted by atomic mass is 32.1. The van der Waals surface area contributed by atoms with Crippen molar-refractivity contribution in [2.45, 2.75) is 0 Å². The Labute approximate surface area is 378 Å². The number of thiophene rings is 1. The van der Waals surface area contributed by atoms with Crippen molar-refractivity contribution < 1.29 is 0 Å². The standard InChI is InChI=1S/C64H36S/c1-3-7-43-33-45(11-9-37(43)5-1)49-23-13-39-19-31-57-51(25-15-41-17-29-55(49)61(39)63(41)57)47-21-27-53-54-28-22-48(36-60(54)65-59(53)35-47)52-26-16-42-18-30-56-50(24-14-40-20-32-58(52)64(42)62(40)56)46-12-10-38-6-2-4-8-44(38)34-46/h1-36H. The smallest absolute Gasteiger partial charge is 0.0361 e. The predicted octanol–water partition coefficient (Wildman–Crippen LogP) is 18.8. The summed E-state index contributed by atoms with van der Waals surface area (Å²) in [5, 5.41) is 23.4. The van der Waals surface area contributed by atoms with Crippen LogP contribution < -0.4 is 0 Å². The zero-order valence-corrected chi connectivity index (χ0v) is 36.0. The maximum absolute atomic E-state index is 2.43. The Kier molecular flexibility index (Phi) is 7.19. The number of hydrogen-bond donors (Lipinski definition) is 0. The molecule has 0 unspecified atom stereocenters. The van der Waals surface area contributed by atoms with E-state index >= 15 is 0 Å². The average molecular weight is 837 g/mol. The van der Waals surface area contributed by atoms with Gasteiger partial charge in [-0.25, -0.2) is 0 Å². The van der Waals surface area contributed by atoms with E-state index in [9.17, 15) is 0 Å². The van der Waals surface area contributed by atoms with Gasteiger partial charge in [0.2, 0.25) is 0 Å². The second kappa shape index (κ2) is 13.2. The second-order valence-electron chi connectivity index (χ2n) is 17.9.